The van der Waals surface area contributed by atoms with E-state index in [-0.39, 0.29) is 56.6 Å². The highest BCUT2D eigenvalue weighted by atomic mass is 16.4. The molecule has 0 radical (unpaired) electrons. The fourth-order valence-corrected chi connectivity index (χ4v) is 6.61. The molecule has 1 aliphatic rings. The summed E-state index contributed by atoms with van der Waals surface area (Å²) < 4.78 is 0. The first-order valence-electron chi connectivity index (χ1n) is 20.9. The van der Waals surface area contributed by atoms with Gasteiger partial charge < -0.3 is 69.9 Å². The molecular formula is C39H68N12O12. The number of amides is 8. The topological polar surface area (TPSA) is 403 Å². The van der Waals surface area contributed by atoms with Gasteiger partial charge in [0.1, 0.15) is 42.3 Å². The van der Waals surface area contributed by atoms with Crippen molar-refractivity contribution in [2.45, 2.75) is 148 Å². The number of carboxylic acid groups (broad SMARTS) is 2. The summed E-state index contributed by atoms with van der Waals surface area (Å²) in [5, 5.41) is 33.7. The molecule has 0 spiro atoms. The van der Waals surface area contributed by atoms with Gasteiger partial charge in [0.15, 0.2) is 5.96 Å². The zero-order valence-electron chi connectivity index (χ0n) is 37.1. The number of carbonyl (C=O) groups excluding carboxylic acids is 8. The monoisotopic (exact) mass is 897 g/mol. The number of aliphatic imine (C=N–C) groups is 1. The van der Waals surface area contributed by atoms with Gasteiger partial charge in [-0.15, -0.1) is 0 Å². The highest BCUT2D eigenvalue weighted by Gasteiger charge is 2.40. The summed E-state index contributed by atoms with van der Waals surface area (Å²) in [7, 11) is 0. The van der Waals surface area contributed by atoms with Crippen LogP contribution in [-0.2, 0) is 47.9 Å². The maximum atomic E-state index is 14.0. The van der Waals surface area contributed by atoms with Gasteiger partial charge in [0.05, 0.1) is 18.9 Å². The molecule has 0 saturated carbocycles. The average molecular weight is 897 g/mol. The molecule has 8 atom stereocenters. The van der Waals surface area contributed by atoms with Crippen LogP contribution in [0.4, 0.5) is 0 Å². The molecule has 8 amide bonds. The lowest BCUT2D eigenvalue weighted by molar-refractivity contribution is -0.144. The number of aliphatic carboxylic acids is 2. The van der Waals surface area contributed by atoms with Crippen molar-refractivity contribution in [1.82, 2.24) is 36.8 Å². The Morgan fingerprint density at radius 3 is 1.73 bits per heavy atom. The van der Waals surface area contributed by atoms with E-state index in [0.717, 1.165) is 0 Å². The quantitative estimate of drug-likeness (QED) is 0.0216. The van der Waals surface area contributed by atoms with Crippen molar-refractivity contribution < 1.29 is 58.2 Å². The van der Waals surface area contributed by atoms with Crippen molar-refractivity contribution in [2.24, 2.45) is 45.7 Å². The van der Waals surface area contributed by atoms with Crippen molar-refractivity contribution in [3.05, 3.63) is 0 Å². The molecule has 1 heterocycles. The molecule has 16 N–H and O–H groups in total. The van der Waals surface area contributed by atoms with Gasteiger partial charge >= 0.3 is 11.9 Å². The Bertz CT molecular complexity index is 1690. The largest absolute Gasteiger partial charge is 0.481 e. The summed E-state index contributed by atoms with van der Waals surface area (Å²) in [5.74, 6) is -11.0. The second-order valence-corrected chi connectivity index (χ2v) is 16.8. The zero-order chi connectivity index (χ0) is 48.3. The van der Waals surface area contributed by atoms with E-state index >= 15 is 0 Å². The van der Waals surface area contributed by atoms with Gasteiger partial charge in [-0.05, 0) is 63.2 Å². The number of likely N-dealkylation sites (tertiary alicyclic amines) is 1. The van der Waals surface area contributed by atoms with Crippen LogP contribution in [0, 0.1) is 17.8 Å². The van der Waals surface area contributed by atoms with Crippen molar-refractivity contribution in [3.8, 4) is 0 Å². The number of guanidine groups is 1. The highest BCUT2D eigenvalue weighted by Crippen LogP contribution is 2.21. The van der Waals surface area contributed by atoms with E-state index < -0.39 is 126 Å². The number of carboxylic acids is 2. The third kappa shape index (κ3) is 19.7. The smallest absolute Gasteiger partial charge is 0.326 e. The fraction of sp³-hybridized carbons (Fsp3) is 0.718. The normalized spacial score (nSPS) is 16.9. The Kier molecular flexibility index (Phi) is 23.0. The van der Waals surface area contributed by atoms with E-state index in [1.54, 1.807) is 41.5 Å². The summed E-state index contributed by atoms with van der Waals surface area (Å²) in [6, 6.07) is -10.7. The molecule has 0 aromatic rings. The Hall–Kier alpha value is -6.07. The van der Waals surface area contributed by atoms with Gasteiger partial charge in [0.25, 0.3) is 0 Å². The molecule has 0 unspecified atom stereocenters. The van der Waals surface area contributed by atoms with Crippen LogP contribution in [0.15, 0.2) is 4.99 Å². The number of hydrogen-bond donors (Lipinski definition) is 12. The number of primary amides is 1. The van der Waals surface area contributed by atoms with E-state index in [1.807, 2.05) is 0 Å². The van der Waals surface area contributed by atoms with Gasteiger partial charge in [-0.25, -0.2) is 4.79 Å². The van der Waals surface area contributed by atoms with Gasteiger partial charge in [-0.2, -0.15) is 0 Å². The predicted octanol–water partition coefficient (Wildman–Crippen LogP) is -3.53. The number of nitrogens with zero attached hydrogens (tertiary/aromatic N) is 2. The molecule has 24 nitrogen and oxygen atoms in total. The van der Waals surface area contributed by atoms with Crippen LogP contribution in [0.1, 0.15) is 99.8 Å². The minimum Gasteiger partial charge on any atom is -0.481 e. The summed E-state index contributed by atoms with van der Waals surface area (Å²) >= 11 is 0. The second kappa shape index (κ2) is 26.4. The van der Waals surface area contributed by atoms with Crippen LogP contribution in [0.25, 0.3) is 0 Å². The molecular weight excluding hydrogens is 829 g/mol. The number of hydrogen-bond acceptors (Lipinski definition) is 12. The second-order valence-electron chi connectivity index (χ2n) is 16.8. The van der Waals surface area contributed by atoms with E-state index in [9.17, 15) is 58.2 Å². The maximum absolute atomic E-state index is 14.0. The Morgan fingerprint density at radius 2 is 1.21 bits per heavy atom. The highest BCUT2D eigenvalue weighted by molar-refractivity contribution is 5.99. The van der Waals surface area contributed by atoms with Crippen LogP contribution in [0.2, 0.25) is 0 Å². The first-order valence-corrected chi connectivity index (χ1v) is 20.9. The number of nitrogens with one attached hydrogen (secondary N) is 6. The predicted molar refractivity (Wildman–Crippen MR) is 227 cm³/mol. The summed E-state index contributed by atoms with van der Waals surface area (Å²) in [5.41, 5.74) is 21.9. The molecule has 356 valence electrons. The first-order chi connectivity index (χ1) is 29.2. The lowest BCUT2D eigenvalue weighted by Gasteiger charge is -2.31. The molecule has 1 rings (SSSR count). The lowest BCUT2D eigenvalue weighted by atomic mass is 10.00. The van der Waals surface area contributed by atoms with Crippen LogP contribution < -0.4 is 54.8 Å². The molecule has 0 aliphatic carbocycles. The summed E-state index contributed by atoms with van der Waals surface area (Å²) in [6.45, 7) is 11.9. The van der Waals surface area contributed by atoms with E-state index in [1.165, 1.54) is 11.8 Å². The lowest BCUT2D eigenvalue weighted by Crippen LogP contribution is -2.60. The minimum absolute atomic E-state index is 0.0746. The summed E-state index contributed by atoms with van der Waals surface area (Å²) in [6.07, 6.45) is -0.527. The molecule has 0 aromatic carbocycles. The van der Waals surface area contributed by atoms with Crippen LogP contribution in [0.3, 0.4) is 0 Å². The minimum atomic E-state index is -1.86. The van der Waals surface area contributed by atoms with Crippen molar-refractivity contribution in [2.75, 3.05) is 13.1 Å². The van der Waals surface area contributed by atoms with Crippen molar-refractivity contribution in [1.29, 1.82) is 0 Å². The fourth-order valence-electron chi connectivity index (χ4n) is 6.61. The standard InChI is InChI=1S/C39H68N12O12/c1-18(2)14-25(48-31(55)21(7)45-32(56)22(40)10-8-12-44-39(42)43)37(61)51-13-9-11-27(51)35(59)47-23(16-28(41)52)33(57)46-24(17-29(53)54)34(58)50-30(20(5)6)36(60)49-26(38(62)63)15-19(3)4/h18-27,30H,8-17,40H2,1-7H3,(H2,41,52)(H,45,56)(H,46,57)(H,47,59)(H,48,55)(H,49,60)(H,50,58)(H,53,54)(H,62,63)(H4,42,43,44)/t21-,22-,23-,24-,25-,26-,27-,30-/m0/s1. The SMILES string of the molecule is CC(C)C[C@H](NC(=O)[C@@H](NC(=O)[C@H](CC(=O)O)NC(=O)[C@H](CC(N)=O)NC(=O)[C@@H]1CCCN1C(=O)[C@H](CC(C)C)NC(=O)[C@H](C)NC(=O)[C@@H](N)CCCN=C(N)N)C(C)C)C(=O)O. The molecule has 1 aliphatic heterocycles. The first kappa shape index (κ1) is 54.9. The molecule has 24 heteroatoms. The molecule has 0 aromatic heterocycles. The molecule has 63 heavy (non-hydrogen) atoms. The van der Waals surface area contributed by atoms with Gasteiger partial charge in [-0.3, -0.25) is 48.1 Å². The van der Waals surface area contributed by atoms with E-state index in [0.29, 0.717) is 12.8 Å². The van der Waals surface area contributed by atoms with E-state index in [2.05, 4.69) is 36.9 Å². The maximum Gasteiger partial charge on any atom is 0.326 e. The van der Waals surface area contributed by atoms with Gasteiger partial charge in [0.2, 0.25) is 47.3 Å². The zero-order valence-corrected chi connectivity index (χ0v) is 37.1. The third-order valence-corrected chi connectivity index (χ3v) is 9.84. The average Bonchev–Trinajstić information content (AvgIpc) is 3.66. The van der Waals surface area contributed by atoms with Crippen molar-refractivity contribution >= 4 is 65.2 Å². The van der Waals surface area contributed by atoms with Crippen LogP contribution >= 0.6 is 0 Å². The van der Waals surface area contributed by atoms with E-state index in [4.69, 9.17) is 22.9 Å². The number of nitrogens with two attached hydrogens (primary N) is 4. The number of carbonyl (C=O) groups is 10. The summed E-state index contributed by atoms with van der Waals surface area (Å²) in [4.78, 5) is 135. The van der Waals surface area contributed by atoms with Crippen LogP contribution in [-0.4, -0.2) is 142 Å². The van der Waals surface area contributed by atoms with Crippen molar-refractivity contribution in [3.63, 3.8) is 0 Å². The number of rotatable bonds is 27. The Morgan fingerprint density at radius 1 is 0.667 bits per heavy atom. The molecule has 1 fully saturated rings. The Labute approximate surface area is 366 Å². The van der Waals surface area contributed by atoms with Gasteiger partial charge in [-0.1, -0.05) is 41.5 Å². The van der Waals surface area contributed by atoms with Gasteiger partial charge in [0, 0.05) is 13.1 Å². The third-order valence-electron chi connectivity index (χ3n) is 9.84. The molecule has 0 bridgehead atoms. The van der Waals surface area contributed by atoms with Crippen LogP contribution in [0.5, 0.6) is 0 Å². The molecule has 1 saturated heterocycles. The Balaban J connectivity index is 3.21.